The van der Waals surface area contributed by atoms with Crippen LogP contribution >= 0.6 is 0 Å². The zero-order valence-electron chi connectivity index (χ0n) is 27.7. The van der Waals surface area contributed by atoms with Crippen LogP contribution in [0, 0.1) is 0 Å². The summed E-state index contributed by atoms with van der Waals surface area (Å²) in [5, 5.41) is 4.31. The molecule has 1 atom stereocenters. The Hall–Kier alpha value is -4.78. The van der Waals surface area contributed by atoms with Crippen LogP contribution in [0.5, 0.6) is 5.75 Å². The first kappa shape index (κ1) is 33.6. The Kier molecular flexibility index (Phi) is 8.65. The number of hydrogen-bond donors (Lipinski definition) is 1. The summed E-state index contributed by atoms with van der Waals surface area (Å²) in [6.45, 7) is 16.4. The summed E-state index contributed by atoms with van der Waals surface area (Å²) < 4.78 is 23.5. The molecular formula is C34H39N3O9Si. The van der Waals surface area contributed by atoms with Gasteiger partial charge in [0.15, 0.2) is 0 Å². The van der Waals surface area contributed by atoms with E-state index in [0.717, 1.165) is 16.1 Å². The van der Waals surface area contributed by atoms with Crippen LogP contribution in [-0.4, -0.2) is 53.8 Å². The maximum Gasteiger partial charge on any atom is 0.407 e. The molecule has 2 aliphatic rings. The number of carbonyl (C=O) groups is 4. The average Bonchev–Trinajstić information content (AvgIpc) is 3.34. The first-order valence-corrected chi connectivity index (χ1v) is 18.5. The number of cyclic esters (lactones) is 1. The molecule has 13 heteroatoms. The van der Waals surface area contributed by atoms with Crippen molar-refractivity contribution in [3.05, 3.63) is 63.6 Å². The van der Waals surface area contributed by atoms with Crippen molar-refractivity contribution in [1.82, 2.24) is 14.9 Å². The molecule has 0 spiro atoms. The van der Waals surface area contributed by atoms with E-state index < -0.39 is 43.3 Å². The van der Waals surface area contributed by atoms with Gasteiger partial charge in [0.1, 0.15) is 26.0 Å². The van der Waals surface area contributed by atoms with Gasteiger partial charge in [-0.25, -0.2) is 14.6 Å². The van der Waals surface area contributed by atoms with Crippen LogP contribution < -0.4 is 20.8 Å². The number of nitrogens with zero attached hydrogens (tertiary/aromatic N) is 2. The van der Waals surface area contributed by atoms with Crippen LogP contribution in [0.2, 0.25) is 13.1 Å². The molecule has 248 valence electrons. The molecule has 1 N–H and O–H groups in total. The molecule has 1 unspecified atom stereocenters. The molecule has 3 aromatic rings. The number of esters is 3. The van der Waals surface area contributed by atoms with Crippen molar-refractivity contribution in [2.45, 2.75) is 84.9 Å². The number of pyridine rings is 2. The van der Waals surface area contributed by atoms with Gasteiger partial charge in [0.25, 0.3) is 5.56 Å². The van der Waals surface area contributed by atoms with E-state index in [1.54, 1.807) is 56.5 Å². The van der Waals surface area contributed by atoms with Gasteiger partial charge >= 0.3 is 24.0 Å². The largest absolute Gasteiger partial charge is 0.457 e. The molecule has 0 saturated carbocycles. The summed E-state index contributed by atoms with van der Waals surface area (Å²) in [6.07, 6.45) is -0.931. The lowest BCUT2D eigenvalue weighted by Crippen LogP contribution is -2.47. The molecule has 12 nitrogen and oxygen atoms in total. The van der Waals surface area contributed by atoms with Crippen molar-refractivity contribution < 1.29 is 38.1 Å². The number of rotatable bonds is 8. The lowest BCUT2D eigenvalue weighted by Gasteiger charge is -2.35. The Labute approximate surface area is 273 Å². The SMILES string of the molecule is C=C[Si](C)(C)c1c2c(nc3ccc(OC(C)=O)cc13)-c1cc3c(c(=O)n1C2)COC(=O)C3(CC)OC(=O)CCNC(=O)OC(C)(C)C. The Morgan fingerprint density at radius 1 is 1.17 bits per heavy atom. The van der Waals surface area contributed by atoms with E-state index in [9.17, 15) is 24.0 Å². The van der Waals surface area contributed by atoms with Crippen LogP contribution in [0.3, 0.4) is 0 Å². The molecule has 0 aliphatic carbocycles. The summed E-state index contributed by atoms with van der Waals surface area (Å²) in [5.41, 5.74) is 1.99. The van der Waals surface area contributed by atoms with E-state index in [2.05, 4.69) is 25.0 Å². The van der Waals surface area contributed by atoms with Gasteiger partial charge in [-0.1, -0.05) is 25.7 Å². The number of ether oxygens (including phenoxy) is 4. The molecule has 0 bridgehead atoms. The Balaban J connectivity index is 1.59. The summed E-state index contributed by atoms with van der Waals surface area (Å²) in [4.78, 5) is 69.3. The van der Waals surface area contributed by atoms with Gasteiger partial charge in [0, 0.05) is 30.0 Å². The molecule has 1 amide bonds. The van der Waals surface area contributed by atoms with Crippen molar-refractivity contribution >= 4 is 48.2 Å². The quantitative estimate of drug-likeness (QED) is 0.126. The fraction of sp³-hybridized carbons (Fsp3) is 0.412. The van der Waals surface area contributed by atoms with Crippen LogP contribution in [-0.2, 0) is 47.3 Å². The third kappa shape index (κ3) is 6.19. The van der Waals surface area contributed by atoms with E-state index in [-0.39, 0.29) is 49.2 Å². The topological polar surface area (TPSA) is 152 Å². The van der Waals surface area contributed by atoms with Crippen LogP contribution in [0.4, 0.5) is 4.79 Å². The second-order valence-corrected chi connectivity index (χ2v) is 17.6. The van der Waals surface area contributed by atoms with Gasteiger partial charge in [-0.15, -0.1) is 6.58 Å². The highest BCUT2D eigenvalue weighted by Gasteiger charge is 2.50. The smallest absolute Gasteiger partial charge is 0.407 e. The standard InChI is InChI=1S/C34H39N3O9Si/c1-9-34(45-27(39)13-14-35-32(42)46-33(4,5)6)24-16-26-28-22(17-37(26)30(40)23(24)18-43-31(34)41)29(47(7,8)10-2)21-15-20(44-19(3)38)11-12-25(21)36-28/h10-12,15-16H,2,9,13-14,17-18H2,1,3-8H3,(H,35,42). The third-order valence-corrected chi connectivity index (χ3v) is 11.2. The first-order chi connectivity index (χ1) is 22.0. The van der Waals surface area contributed by atoms with Gasteiger partial charge in [-0.3, -0.25) is 14.4 Å². The van der Waals surface area contributed by atoms with Gasteiger partial charge in [-0.05, 0) is 56.6 Å². The van der Waals surface area contributed by atoms with E-state index >= 15 is 0 Å². The fourth-order valence-corrected chi connectivity index (χ4v) is 8.18. The van der Waals surface area contributed by atoms with Gasteiger partial charge in [-0.2, -0.15) is 0 Å². The van der Waals surface area contributed by atoms with E-state index in [0.29, 0.717) is 22.7 Å². The number of hydrogen-bond acceptors (Lipinski definition) is 10. The molecule has 0 saturated heterocycles. The van der Waals surface area contributed by atoms with E-state index in [4.69, 9.17) is 23.9 Å². The summed E-state index contributed by atoms with van der Waals surface area (Å²) in [6, 6.07) is 6.93. The first-order valence-electron chi connectivity index (χ1n) is 15.4. The number of amides is 1. The van der Waals surface area contributed by atoms with E-state index in [1.807, 2.05) is 5.70 Å². The van der Waals surface area contributed by atoms with Gasteiger partial charge < -0.3 is 28.8 Å². The zero-order chi connectivity index (χ0) is 34.5. The summed E-state index contributed by atoms with van der Waals surface area (Å²) in [7, 11) is -2.35. The lowest BCUT2D eigenvalue weighted by molar-refractivity contribution is -0.189. The number of carbonyl (C=O) groups excluding carboxylic acids is 4. The predicted molar refractivity (Wildman–Crippen MR) is 176 cm³/mol. The monoisotopic (exact) mass is 661 g/mol. The second-order valence-electron chi connectivity index (χ2n) is 13.2. The number of fused-ring (bicyclic) bond motifs is 5. The fourth-order valence-electron chi connectivity index (χ4n) is 6.11. The molecule has 2 aromatic heterocycles. The van der Waals surface area contributed by atoms with Gasteiger partial charge in [0.2, 0.25) is 5.60 Å². The van der Waals surface area contributed by atoms with Crippen LogP contribution in [0.1, 0.15) is 64.2 Å². The molecule has 47 heavy (non-hydrogen) atoms. The average molecular weight is 662 g/mol. The predicted octanol–water partition coefficient (Wildman–Crippen LogP) is 4.11. The zero-order valence-corrected chi connectivity index (χ0v) is 28.7. The van der Waals surface area contributed by atoms with E-state index in [1.165, 1.54) is 6.92 Å². The molecular weight excluding hydrogens is 622 g/mol. The number of aromatic nitrogens is 2. The lowest BCUT2D eigenvalue weighted by atomic mass is 9.85. The maximum absolute atomic E-state index is 14.1. The second kappa shape index (κ2) is 12.1. The van der Waals surface area contributed by atoms with Crippen LogP contribution in [0.25, 0.3) is 22.3 Å². The highest BCUT2D eigenvalue weighted by Crippen LogP contribution is 2.41. The normalized spacial score (nSPS) is 16.8. The molecule has 0 fully saturated rings. The van der Waals surface area contributed by atoms with Gasteiger partial charge in [0.05, 0.1) is 35.4 Å². The number of alkyl carbamates (subject to hydrolysis) is 1. The van der Waals surface area contributed by atoms with Crippen molar-refractivity contribution in [3.8, 4) is 17.1 Å². The number of benzene rings is 1. The van der Waals surface area contributed by atoms with Crippen LogP contribution in [0.15, 0.2) is 41.3 Å². The number of nitrogens with one attached hydrogen (secondary N) is 1. The highest BCUT2D eigenvalue weighted by molar-refractivity contribution is 6.95. The summed E-state index contributed by atoms with van der Waals surface area (Å²) >= 11 is 0. The summed E-state index contributed by atoms with van der Waals surface area (Å²) in [5.74, 6) is -1.60. The molecule has 2 aliphatic heterocycles. The minimum atomic E-state index is -2.35. The maximum atomic E-state index is 14.1. The van der Waals surface area contributed by atoms with Crippen molar-refractivity contribution in [1.29, 1.82) is 0 Å². The Morgan fingerprint density at radius 2 is 1.89 bits per heavy atom. The highest BCUT2D eigenvalue weighted by atomic mass is 28.3. The molecule has 0 radical (unpaired) electrons. The molecule has 5 rings (SSSR count). The Bertz CT molecular complexity index is 1910. The minimum Gasteiger partial charge on any atom is -0.457 e. The molecule has 4 heterocycles. The van der Waals surface area contributed by atoms with Crippen molar-refractivity contribution in [3.63, 3.8) is 0 Å². The van der Waals surface area contributed by atoms with Crippen molar-refractivity contribution in [2.75, 3.05) is 6.54 Å². The third-order valence-electron chi connectivity index (χ3n) is 8.33. The molecule has 1 aromatic carbocycles. The van der Waals surface area contributed by atoms with Crippen molar-refractivity contribution in [2.24, 2.45) is 0 Å². The minimum absolute atomic E-state index is 0.00551. The Morgan fingerprint density at radius 3 is 2.53 bits per heavy atom.